The van der Waals surface area contributed by atoms with Crippen LogP contribution in [0, 0.1) is 0 Å². The van der Waals surface area contributed by atoms with Gasteiger partial charge in [-0.25, -0.2) is 9.97 Å². The lowest BCUT2D eigenvalue weighted by atomic mass is 9.78. The summed E-state index contributed by atoms with van der Waals surface area (Å²) >= 11 is 2.92. The van der Waals surface area contributed by atoms with Crippen LogP contribution < -0.4 is 10.6 Å². The van der Waals surface area contributed by atoms with Gasteiger partial charge in [0.25, 0.3) is 0 Å². The first-order valence-electron chi connectivity index (χ1n) is 11.6. The van der Waals surface area contributed by atoms with Gasteiger partial charge < -0.3 is 10.6 Å². The molecule has 4 heterocycles. The van der Waals surface area contributed by atoms with Gasteiger partial charge in [0.05, 0.1) is 46.6 Å². The van der Waals surface area contributed by atoms with E-state index in [2.05, 4.69) is 41.0 Å². The Morgan fingerprint density at radius 2 is 1.25 bits per heavy atom. The van der Waals surface area contributed by atoms with Crippen molar-refractivity contribution in [2.75, 3.05) is 10.6 Å². The average Bonchev–Trinajstić information content (AvgIpc) is 3.59. The fourth-order valence-electron chi connectivity index (χ4n) is 4.33. The van der Waals surface area contributed by atoms with E-state index in [0.717, 1.165) is 48.5 Å². The van der Waals surface area contributed by atoms with Crippen molar-refractivity contribution in [1.82, 2.24) is 30.4 Å². The maximum atomic E-state index is 12.2. The van der Waals surface area contributed by atoms with E-state index in [1.807, 2.05) is 22.9 Å². The van der Waals surface area contributed by atoms with E-state index >= 15 is 0 Å². The molecule has 0 spiro atoms. The second-order valence-corrected chi connectivity index (χ2v) is 10.1. The molecule has 0 unspecified atom stereocenters. The summed E-state index contributed by atoms with van der Waals surface area (Å²) in [6, 6.07) is 7.47. The van der Waals surface area contributed by atoms with E-state index in [1.165, 1.54) is 22.7 Å². The number of carbonyl (C=O) groups is 2. The molecule has 12 heteroatoms. The first-order valence-corrected chi connectivity index (χ1v) is 13.5. The van der Waals surface area contributed by atoms with Gasteiger partial charge in [0.15, 0.2) is 11.6 Å². The van der Waals surface area contributed by atoms with Crippen molar-refractivity contribution in [1.29, 1.82) is 0 Å². The van der Waals surface area contributed by atoms with Crippen molar-refractivity contribution in [3.8, 4) is 0 Å². The van der Waals surface area contributed by atoms with E-state index in [4.69, 9.17) is 0 Å². The van der Waals surface area contributed by atoms with Gasteiger partial charge in [0.1, 0.15) is 0 Å². The lowest BCUT2D eigenvalue weighted by Crippen LogP contribution is -2.18. The average molecular weight is 521 g/mol. The number of thiazole rings is 2. The number of anilines is 2. The standard InChI is InChI=1S/C24H24N8O2S2/c33-23(9-17-11-35-13-25-17)27-21-6-4-19(29-31-21)15-2-1-3-16(8-15)20-5-7-22(32-30-20)28-24(34)10-18-12-36-14-26-18/h4-7,11-16H,1-3,8-10H2,(H,27,31,33)(H,28,32,34)/t15-,16-/m0/s1. The SMILES string of the molecule is O=C(Cc1cscn1)Nc1ccc([C@H]2CCC[C@H](c3ccc(NC(=O)Cc4cscn4)nn3)C2)nn1. The van der Waals surface area contributed by atoms with Crippen LogP contribution in [0.1, 0.15) is 60.3 Å². The lowest BCUT2D eigenvalue weighted by molar-refractivity contribution is -0.116. The van der Waals surface area contributed by atoms with Crippen LogP contribution in [-0.2, 0) is 22.4 Å². The third kappa shape index (κ3) is 6.32. The summed E-state index contributed by atoms with van der Waals surface area (Å²) in [6.07, 6.45) is 4.43. The van der Waals surface area contributed by atoms with Crippen LogP contribution in [0.5, 0.6) is 0 Å². The molecule has 5 rings (SSSR count). The highest BCUT2D eigenvalue weighted by molar-refractivity contribution is 7.07. The van der Waals surface area contributed by atoms with E-state index in [0.29, 0.717) is 11.6 Å². The van der Waals surface area contributed by atoms with Gasteiger partial charge in [0, 0.05) is 22.6 Å². The summed E-state index contributed by atoms with van der Waals surface area (Å²) in [5, 5.41) is 26.5. The molecule has 1 saturated carbocycles. The topological polar surface area (TPSA) is 136 Å². The van der Waals surface area contributed by atoms with Crippen LogP contribution in [0.2, 0.25) is 0 Å². The van der Waals surface area contributed by atoms with Gasteiger partial charge in [0.2, 0.25) is 11.8 Å². The van der Waals surface area contributed by atoms with Crippen LogP contribution >= 0.6 is 22.7 Å². The third-order valence-electron chi connectivity index (χ3n) is 6.07. The summed E-state index contributed by atoms with van der Waals surface area (Å²) in [5.74, 6) is 1.06. The predicted molar refractivity (Wildman–Crippen MR) is 137 cm³/mol. The number of hydrogen-bond donors (Lipinski definition) is 2. The smallest absolute Gasteiger partial charge is 0.231 e. The highest BCUT2D eigenvalue weighted by atomic mass is 32.1. The Bertz CT molecular complexity index is 1180. The molecule has 0 aromatic carbocycles. The van der Waals surface area contributed by atoms with Crippen molar-refractivity contribution < 1.29 is 9.59 Å². The number of hydrogen-bond acceptors (Lipinski definition) is 10. The van der Waals surface area contributed by atoms with Gasteiger partial charge in [-0.15, -0.1) is 32.9 Å². The van der Waals surface area contributed by atoms with E-state index in [9.17, 15) is 9.59 Å². The molecule has 10 nitrogen and oxygen atoms in total. The van der Waals surface area contributed by atoms with E-state index in [1.54, 1.807) is 23.2 Å². The monoisotopic (exact) mass is 520 g/mol. The molecule has 1 aliphatic rings. The molecule has 0 aliphatic heterocycles. The molecule has 184 valence electrons. The molecule has 4 aromatic heterocycles. The fraction of sp³-hybridized carbons (Fsp3) is 0.333. The minimum Gasteiger partial charge on any atom is -0.309 e. The molecule has 36 heavy (non-hydrogen) atoms. The van der Waals surface area contributed by atoms with Crippen molar-refractivity contribution in [2.24, 2.45) is 0 Å². The summed E-state index contributed by atoms with van der Waals surface area (Å²) in [4.78, 5) is 32.6. The van der Waals surface area contributed by atoms with Crippen molar-refractivity contribution in [3.05, 3.63) is 68.8 Å². The second kappa shape index (κ2) is 11.4. The normalized spacial score (nSPS) is 17.4. The highest BCUT2D eigenvalue weighted by Crippen LogP contribution is 2.40. The number of nitrogens with one attached hydrogen (secondary N) is 2. The largest absolute Gasteiger partial charge is 0.309 e. The Hall–Kier alpha value is -3.64. The lowest BCUT2D eigenvalue weighted by Gasteiger charge is -2.28. The van der Waals surface area contributed by atoms with Crippen molar-refractivity contribution >= 4 is 46.1 Å². The molecule has 4 aromatic rings. The Morgan fingerprint density at radius 1 is 0.750 bits per heavy atom. The molecule has 0 saturated heterocycles. The number of amides is 2. The molecular weight excluding hydrogens is 496 g/mol. The molecule has 2 atom stereocenters. The summed E-state index contributed by atoms with van der Waals surface area (Å²) < 4.78 is 0. The first-order chi connectivity index (χ1) is 17.6. The van der Waals surface area contributed by atoms with Gasteiger partial charge in [-0.3, -0.25) is 9.59 Å². The maximum Gasteiger partial charge on any atom is 0.231 e. The van der Waals surface area contributed by atoms with E-state index < -0.39 is 0 Å². The van der Waals surface area contributed by atoms with Gasteiger partial charge >= 0.3 is 0 Å². The Morgan fingerprint density at radius 3 is 1.64 bits per heavy atom. The fourth-order valence-corrected chi connectivity index (χ4v) is 5.45. The van der Waals surface area contributed by atoms with Crippen LogP contribution in [0.25, 0.3) is 0 Å². The molecule has 1 aliphatic carbocycles. The molecule has 2 amide bonds. The minimum absolute atomic E-state index is 0.165. The Labute approximate surface area is 215 Å². The summed E-state index contributed by atoms with van der Waals surface area (Å²) in [7, 11) is 0. The third-order valence-corrected chi connectivity index (χ3v) is 7.34. The Kier molecular flexibility index (Phi) is 7.62. The highest BCUT2D eigenvalue weighted by Gasteiger charge is 2.27. The van der Waals surface area contributed by atoms with E-state index in [-0.39, 0.29) is 36.5 Å². The molecule has 0 radical (unpaired) electrons. The predicted octanol–water partition coefficient (Wildman–Crippen LogP) is 3.98. The van der Waals surface area contributed by atoms with Crippen LogP contribution in [-0.4, -0.2) is 42.2 Å². The number of nitrogens with zero attached hydrogens (tertiary/aromatic N) is 6. The minimum atomic E-state index is -0.165. The van der Waals surface area contributed by atoms with Gasteiger partial charge in [-0.1, -0.05) is 6.42 Å². The summed E-state index contributed by atoms with van der Waals surface area (Å²) in [6.45, 7) is 0. The molecule has 2 N–H and O–H groups in total. The van der Waals surface area contributed by atoms with Gasteiger partial charge in [-0.05, 0) is 43.5 Å². The van der Waals surface area contributed by atoms with Crippen LogP contribution in [0.15, 0.2) is 46.0 Å². The first kappa shape index (κ1) is 24.1. The second-order valence-electron chi connectivity index (χ2n) is 8.66. The molecule has 1 fully saturated rings. The number of carbonyl (C=O) groups excluding carboxylic acids is 2. The van der Waals surface area contributed by atoms with Crippen LogP contribution in [0.3, 0.4) is 0 Å². The summed E-state index contributed by atoms with van der Waals surface area (Å²) in [5.41, 5.74) is 6.72. The molecule has 0 bridgehead atoms. The van der Waals surface area contributed by atoms with Crippen molar-refractivity contribution in [2.45, 2.75) is 50.4 Å². The Balaban J connectivity index is 1.15. The zero-order valence-corrected chi connectivity index (χ0v) is 21.0. The number of aromatic nitrogens is 6. The van der Waals surface area contributed by atoms with Crippen molar-refractivity contribution in [3.63, 3.8) is 0 Å². The molecular formula is C24H24N8O2S2. The zero-order chi connectivity index (χ0) is 24.7. The maximum absolute atomic E-state index is 12.2. The zero-order valence-electron chi connectivity index (χ0n) is 19.3. The van der Waals surface area contributed by atoms with Crippen LogP contribution in [0.4, 0.5) is 11.6 Å². The number of rotatable bonds is 8. The van der Waals surface area contributed by atoms with Gasteiger partial charge in [-0.2, -0.15) is 10.2 Å². The quantitative estimate of drug-likeness (QED) is 0.356.